The minimum absolute atomic E-state index is 0.413. The van der Waals surface area contributed by atoms with Crippen LogP contribution in [0.2, 0.25) is 0 Å². The molecular formula is C16H16BrNO2. The molecule has 3 nitrogen and oxygen atoms in total. The average molecular weight is 334 g/mol. The smallest absolute Gasteiger partial charge is 0.248 e. The van der Waals surface area contributed by atoms with Crippen molar-refractivity contribution in [2.45, 2.75) is 20.5 Å². The number of rotatable bonds is 4. The molecule has 2 aromatic rings. The third-order valence-electron chi connectivity index (χ3n) is 3.15. The third kappa shape index (κ3) is 3.39. The van der Waals surface area contributed by atoms with E-state index in [2.05, 4.69) is 15.9 Å². The van der Waals surface area contributed by atoms with E-state index < -0.39 is 5.91 Å². The second kappa shape index (κ2) is 6.09. The Morgan fingerprint density at radius 2 is 1.90 bits per heavy atom. The first-order chi connectivity index (χ1) is 9.47. The minimum atomic E-state index is -0.413. The highest BCUT2D eigenvalue weighted by molar-refractivity contribution is 9.10. The molecule has 1 amide bonds. The Balaban J connectivity index is 2.13. The Hall–Kier alpha value is -1.81. The zero-order chi connectivity index (χ0) is 14.7. The van der Waals surface area contributed by atoms with Gasteiger partial charge in [-0.1, -0.05) is 22.0 Å². The number of nitrogens with two attached hydrogens (primary N) is 1. The maximum absolute atomic E-state index is 11.1. The van der Waals surface area contributed by atoms with E-state index in [1.165, 1.54) is 0 Å². The van der Waals surface area contributed by atoms with Crippen molar-refractivity contribution in [3.63, 3.8) is 0 Å². The molecule has 0 aromatic heterocycles. The molecule has 4 heteroatoms. The minimum Gasteiger partial charge on any atom is -0.489 e. The largest absolute Gasteiger partial charge is 0.489 e. The van der Waals surface area contributed by atoms with Gasteiger partial charge in [-0.15, -0.1) is 0 Å². The molecule has 20 heavy (non-hydrogen) atoms. The van der Waals surface area contributed by atoms with E-state index in [1.54, 1.807) is 12.1 Å². The summed E-state index contributed by atoms with van der Waals surface area (Å²) >= 11 is 3.43. The molecule has 0 radical (unpaired) electrons. The van der Waals surface area contributed by atoms with Gasteiger partial charge in [0.25, 0.3) is 0 Å². The van der Waals surface area contributed by atoms with Crippen LogP contribution in [0.5, 0.6) is 5.75 Å². The number of aryl methyl sites for hydroxylation is 2. The number of benzene rings is 2. The van der Waals surface area contributed by atoms with Crippen LogP contribution in [0.25, 0.3) is 0 Å². The van der Waals surface area contributed by atoms with Gasteiger partial charge in [0.05, 0.1) is 0 Å². The van der Waals surface area contributed by atoms with Crippen LogP contribution >= 0.6 is 15.9 Å². The molecule has 0 aliphatic carbocycles. The highest BCUT2D eigenvalue weighted by atomic mass is 79.9. The van der Waals surface area contributed by atoms with Gasteiger partial charge in [0.1, 0.15) is 12.4 Å². The topological polar surface area (TPSA) is 52.3 Å². The zero-order valence-corrected chi connectivity index (χ0v) is 13.0. The molecule has 104 valence electrons. The van der Waals surface area contributed by atoms with Gasteiger partial charge in [-0.05, 0) is 60.9 Å². The lowest BCUT2D eigenvalue weighted by Gasteiger charge is -2.11. The van der Waals surface area contributed by atoms with E-state index in [1.807, 2.05) is 38.1 Å². The number of carbonyl (C=O) groups is 1. The van der Waals surface area contributed by atoms with Gasteiger partial charge >= 0.3 is 0 Å². The summed E-state index contributed by atoms with van der Waals surface area (Å²) in [5.41, 5.74) is 8.89. The van der Waals surface area contributed by atoms with Crippen LogP contribution in [-0.4, -0.2) is 5.91 Å². The lowest BCUT2D eigenvalue weighted by atomic mass is 10.1. The molecule has 0 aliphatic rings. The van der Waals surface area contributed by atoms with Crippen LogP contribution in [-0.2, 0) is 6.61 Å². The second-order valence-electron chi connectivity index (χ2n) is 4.70. The molecule has 0 spiro atoms. The van der Waals surface area contributed by atoms with E-state index in [9.17, 15) is 4.79 Å². The molecular weight excluding hydrogens is 318 g/mol. The van der Waals surface area contributed by atoms with Gasteiger partial charge < -0.3 is 10.5 Å². The standard InChI is InChI=1S/C16H16BrNO2/c1-10-7-12(16(18)19)3-4-13(10)9-20-15-6-5-14(17)8-11(15)2/h3-8H,9H2,1-2H3,(H2,18,19). The van der Waals surface area contributed by atoms with Crippen LogP contribution in [0.1, 0.15) is 27.0 Å². The van der Waals surface area contributed by atoms with Crippen LogP contribution in [0.3, 0.4) is 0 Å². The summed E-state index contributed by atoms with van der Waals surface area (Å²) in [6.45, 7) is 4.41. The fourth-order valence-electron chi connectivity index (χ4n) is 1.94. The predicted octanol–water partition coefficient (Wildman–Crippen LogP) is 3.74. The molecule has 0 saturated heterocycles. The number of hydrogen-bond donors (Lipinski definition) is 1. The number of primary amides is 1. The molecule has 0 heterocycles. The molecule has 0 bridgehead atoms. The van der Waals surface area contributed by atoms with Crippen molar-refractivity contribution in [3.8, 4) is 5.75 Å². The fraction of sp³-hybridized carbons (Fsp3) is 0.188. The molecule has 0 aliphatic heterocycles. The van der Waals surface area contributed by atoms with E-state index in [-0.39, 0.29) is 0 Å². The average Bonchev–Trinajstić information content (AvgIpc) is 2.38. The second-order valence-corrected chi connectivity index (χ2v) is 5.62. The van der Waals surface area contributed by atoms with Crippen LogP contribution in [0, 0.1) is 13.8 Å². The molecule has 0 fully saturated rings. The summed E-state index contributed by atoms with van der Waals surface area (Å²) in [6, 6.07) is 11.3. The summed E-state index contributed by atoms with van der Waals surface area (Å²) in [5.74, 6) is 0.441. The van der Waals surface area contributed by atoms with Crippen LogP contribution in [0.4, 0.5) is 0 Å². The number of halogens is 1. The zero-order valence-electron chi connectivity index (χ0n) is 11.4. The third-order valence-corrected chi connectivity index (χ3v) is 3.64. The molecule has 0 unspecified atom stereocenters. The molecule has 2 aromatic carbocycles. The molecule has 0 saturated carbocycles. The Labute approximate surface area is 126 Å². The first-order valence-electron chi connectivity index (χ1n) is 6.25. The highest BCUT2D eigenvalue weighted by Gasteiger charge is 2.06. The first-order valence-corrected chi connectivity index (χ1v) is 7.05. The Bertz CT molecular complexity index is 653. The molecule has 2 N–H and O–H groups in total. The quantitative estimate of drug-likeness (QED) is 0.926. The molecule has 2 rings (SSSR count). The van der Waals surface area contributed by atoms with E-state index in [0.29, 0.717) is 12.2 Å². The van der Waals surface area contributed by atoms with E-state index >= 15 is 0 Å². The maximum Gasteiger partial charge on any atom is 0.248 e. The van der Waals surface area contributed by atoms with Crippen molar-refractivity contribution in [1.82, 2.24) is 0 Å². The van der Waals surface area contributed by atoms with E-state index in [0.717, 1.165) is 26.9 Å². The highest BCUT2D eigenvalue weighted by Crippen LogP contribution is 2.23. The summed E-state index contributed by atoms with van der Waals surface area (Å²) in [5, 5.41) is 0. The Kier molecular flexibility index (Phi) is 4.45. The van der Waals surface area contributed by atoms with Gasteiger partial charge in [0.15, 0.2) is 0 Å². The van der Waals surface area contributed by atoms with Gasteiger partial charge in [0, 0.05) is 10.0 Å². The maximum atomic E-state index is 11.1. The van der Waals surface area contributed by atoms with Crippen molar-refractivity contribution in [2.24, 2.45) is 5.73 Å². The van der Waals surface area contributed by atoms with Crippen molar-refractivity contribution in [2.75, 3.05) is 0 Å². The summed E-state index contributed by atoms with van der Waals surface area (Å²) in [6.07, 6.45) is 0. The monoisotopic (exact) mass is 333 g/mol. The fourth-order valence-corrected chi connectivity index (χ4v) is 2.42. The van der Waals surface area contributed by atoms with Gasteiger partial charge in [-0.2, -0.15) is 0 Å². The Morgan fingerprint density at radius 1 is 1.15 bits per heavy atom. The number of amides is 1. The van der Waals surface area contributed by atoms with Gasteiger partial charge in [-0.25, -0.2) is 0 Å². The van der Waals surface area contributed by atoms with Gasteiger partial charge in [-0.3, -0.25) is 4.79 Å². The summed E-state index contributed by atoms with van der Waals surface area (Å²) in [7, 11) is 0. The van der Waals surface area contributed by atoms with E-state index in [4.69, 9.17) is 10.5 Å². The normalized spacial score (nSPS) is 10.3. The number of hydrogen-bond acceptors (Lipinski definition) is 2. The summed E-state index contributed by atoms with van der Waals surface area (Å²) < 4.78 is 6.85. The van der Waals surface area contributed by atoms with Crippen molar-refractivity contribution < 1.29 is 9.53 Å². The molecule has 0 atom stereocenters. The number of ether oxygens (including phenoxy) is 1. The summed E-state index contributed by atoms with van der Waals surface area (Å²) in [4.78, 5) is 11.1. The SMILES string of the molecule is Cc1cc(C(N)=O)ccc1COc1ccc(Br)cc1C. The van der Waals surface area contributed by atoms with Crippen molar-refractivity contribution in [1.29, 1.82) is 0 Å². The number of carbonyl (C=O) groups excluding carboxylic acids is 1. The van der Waals surface area contributed by atoms with Gasteiger partial charge in [0.2, 0.25) is 5.91 Å². The first kappa shape index (κ1) is 14.6. The van der Waals surface area contributed by atoms with Crippen molar-refractivity contribution >= 4 is 21.8 Å². The lowest BCUT2D eigenvalue weighted by molar-refractivity contribution is 0.1000. The van der Waals surface area contributed by atoms with Crippen LogP contribution < -0.4 is 10.5 Å². The predicted molar refractivity (Wildman–Crippen MR) is 82.9 cm³/mol. The Morgan fingerprint density at radius 3 is 2.50 bits per heavy atom. The van der Waals surface area contributed by atoms with Crippen molar-refractivity contribution in [3.05, 3.63) is 63.1 Å². The van der Waals surface area contributed by atoms with Crippen LogP contribution in [0.15, 0.2) is 40.9 Å². The lowest BCUT2D eigenvalue weighted by Crippen LogP contribution is -2.11.